The van der Waals surface area contributed by atoms with Gasteiger partial charge in [0.25, 0.3) is 21.8 Å². The van der Waals surface area contributed by atoms with Gasteiger partial charge in [0.05, 0.1) is 26.7 Å². The first kappa shape index (κ1) is 22.9. The van der Waals surface area contributed by atoms with Crippen molar-refractivity contribution in [3.8, 4) is 0 Å². The van der Waals surface area contributed by atoms with Crippen LogP contribution in [-0.2, 0) is 15.4 Å². The van der Waals surface area contributed by atoms with Crippen LogP contribution >= 0.6 is 11.6 Å². The molecule has 1 aliphatic rings. The highest BCUT2D eigenvalue weighted by atomic mass is 35.5. The molecule has 3 aromatic rings. The second kappa shape index (κ2) is 7.93. The molecule has 0 saturated carbocycles. The lowest BCUT2D eigenvalue weighted by Crippen LogP contribution is -2.31. The van der Waals surface area contributed by atoms with Crippen LogP contribution in [0, 0.1) is 6.92 Å². The molecule has 8 nitrogen and oxygen atoms in total. The summed E-state index contributed by atoms with van der Waals surface area (Å²) >= 11 is 6.22. The number of aryl methyl sites for hydroxylation is 1. The Labute approximate surface area is 196 Å². The van der Waals surface area contributed by atoms with Crippen molar-refractivity contribution >= 4 is 45.1 Å². The Kier molecular flexibility index (Phi) is 5.50. The predicted octanol–water partition coefficient (Wildman–Crippen LogP) is 4.34. The molecule has 0 bridgehead atoms. The smallest absolute Gasteiger partial charge is 0.270 e. The van der Waals surface area contributed by atoms with E-state index in [0.717, 1.165) is 10.5 Å². The van der Waals surface area contributed by atoms with Crippen molar-refractivity contribution in [1.29, 1.82) is 0 Å². The van der Waals surface area contributed by atoms with Gasteiger partial charge in [-0.3, -0.25) is 14.3 Å². The number of amides is 2. The van der Waals surface area contributed by atoms with Crippen molar-refractivity contribution in [1.82, 2.24) is 9.97 Å². The Bertz CT molecular complexity index is 1400. The molecule has 2 heterocycles. The number of carbonyl (C=O) groups is 2. The van der Waals surface area contributed by atoms with E-state index in [4.69, 9.17) is 11.6 Å². The Morgan fingerprint density at radius 1 is 0.939 bits per heavy atom. The van der Waals surface area contributed by atoms with Crippen molar-refractivity contribution in [2.24, 2.45) is 0 Å². The Hall–Kier alpha value is -3.30. The van der Waals surface area contributed by atoms with Gasteiger partial charge in [0.1, 0.15) is 0 Å². The second-order valence-electron chi connectivity index (χ2n) is 8.67. The van der Waals surface area contributed by atoms with Gasteiger partial charge in [-0.2, -0.15) is 0 Å². The molecule has 2 amide bonds. The molecular weight excluding hydrogens is 464 g/mol. The van der Waals surface area contributed by atoms with Gasteiger partial charge >= 0.3 is 0 Å². The van der Waals surface area contributed by atoms with Crippen LogP contribution in [0.15, 0.2) is 53.6 Å². The summed E-state index contributed by atoms with van der Waals surface area (Å²) in [7, 11) is -4.05. The summed E-state index contributed by atoms with van der Waals surface area (Å²) < 4.78 is 28.5. The van der Waals surface area contributed by atoms with E-state index in [0.29, 0.717) is 5.69 Å². The summed E-state index contributed by atoms with van der Waals surface area (Å²) in [5.41, 5.74) is 1.09. The Morgan fingerprint density at radius 2 is 1.58 bits per heavy atom. The molecule has 0 spiro atoms. The second-order valence-corrected chi connectivity index (χ2v) is 10.8. The lowest BCUT2D eigenvalue weighted by atomic mass is 9.87. The molecule has 1 aromatic heterocycles. The summed E-state index contributed by atoms with van der Waals surface area (Å²) in [6.45, 7) is 7.77. The number of anilines is 2. The molecule has 170 valence electrons. The van der Waals surface area contributed by atoms with Crippen LogP contribution in [0.1, 0.15) is 52.7 Å². The fraction of sp³-hybridized carbons (Fsp3) is 0.217. The number of fused-ring (bicyclic) bond motifs is 1. The van der Waals surface area contributed by atoms with Gasteiger partial charge in [-0.1, -0.05) is 44.5 Å². The van der Waals surface area contributed by atoms with E-state index in [9.17, 15) is 18.0 Å². The minimum absolute atomic E-state index is 0.0230. The van der Waals surface area contributed by atoms with Crippen LogP contribution in [-0.4, -0.2) is 30.2 Å². The van der Waals surface area contributed by atoms with Crippen LogP contribution in [0.4, 0.5) is 11.6 Å². The summed E-state index contributed by atoms with van der Waals surface area (Å²) in [5, 5.41) is 0.0241. The molecule has 0 atom stereocenters. The normalized spacial score (nSPS) is 13.9. The Morgan fingerprint density at radius 3 is 2.18 bits per heavy atom. The van der Waals surface area contributed by atoms with E-state index in [1.54, 1.807) is 25.1 Å². The number of carbonyl (C=O) groups excluding carboxylic acids is 2. The number of benzene rings is 2. The number of hydrogen-bond donors (Lipinski definition) is 1. The number of sulfonamides is 1. The van der Waals surface area contributed by atoms with E-state index in [2.05, 4.69) is 14.7 Å². The van der Waals surface area contributed by atoms with Crippen molar-refractivity contribution in [2.45, 2.75) is 38.0 Å². The van der Waals surface area contributed by atoms with Crippen LogP contribution in [0.25, 0.3) is 0 Å². The lowest BCUT2D eigenvalue weighted by Gasteiger charge is -2.19. The fourth-order valence-corrected chi connectivity index (χ4v) is 4.78. The largest absolute Gasteiger partial charge is 0.279 e. The van der Waals surface area contributed by atoms with Gasteiger partial charge in [-0.25, -0.2) is 23.3 Å². The lowest BCUT2D eigenvalue weighted by molar-refractivity contribution is 0.0924. The van der Waals surface area contributed by atoms with Crippen molar-refractivity contribution < 1.29 is 18.0 Å². The van der Waals surface area contributed by atoms with E-state index in [1.807, 2.05) is 20.8 Å². The SMILES string of the molecule is Cc1ccnc(N2C(=O)c3c(Cl)ccc(NS(=O)(=O)c4ccc(C(C)(C)C)cc4)c3C2=O)n1. The maximum Gasteiger partial charge on any atom is 0.270 e. The first-order valence-electron chi connectivity index (χ1n) is 10.0. The zero-order valence-corrected chi connectivity index (χ0v) is 20.0. The van der Waals surface area contributed by atoms with Crippen molar-refractivity contribution in [3.63, 3.8) is 0 Å². The van der Waals surface area contributed by atoms with E-state index in [-0.39, 0.29) is 38.1 Å². The third kappa shape index (κ3) is 4.09. The number of aromatic nitrogens is 2. The highest BCUT2D eigenvalue weighted by molar-refractivity contribution is 7.92. The van der Waals surface area contributed by atoms with Gasteiger partial charge in [0.2, 0.25) is 5.95 Å². The minimum Gasteiger partial charge on any atom is -0.279 e. The average Bonchev–Trinajstić information content (AvgIpc) is 3.01. The molecule has 0 radical (unpaired) electrons. The van der Waals surface area contributed by atoms with Gasteiger partial charge < -0.3 is 0 Å². The van der Waals surface area contributed by atoms with E-state index < -0.39 is 21.8 Å². The van der Waals surface area contributed by atoms with Gasteiger partial charge in [0, 0.05) is 11.9 Å². The van der Waals surface area contributed by atoms with E-state index >= 15 is 0 Å². The monoisotopic (exact) mass is 484 g/mol. The number of halogens is 1. The van der Waals surface area contributed by atoms with Crippen LogP contribution < -0.4 is 9.62 Å². The van der Waals surface area contributed by atoms with Gasteiger partial charge in [-0.15, -0.1) is 0 Å². The Balaban J connectivity index is 1.74. The first-order chi connectivity index (χ1) is 15.4. The van der Waals surface area contributed by atoms with Crippen molar-refractivity contribution in [3.05, 3.63) is 76.1 Å². The quantitative estimate of drug-likeness (QED) is 0.552. The summed E-state index contributed by atoms with van der Waals surface area (Å²) in [4.78, 5) is 35.2. The molecule has 10 heteroatoms. The third-order valence-electron chi connectivity index (χ3n) is 5.25. The highest BCUT2D eigenvalue weighted by Crippen LogP contribution is 2.37. The fourth-order valence-electron chi connectivity index (χ4n) is 3.47. The molecule has 0 aliphatic carbocycles. The van der Waals surface area contributed by atoms with Gasteiger partial charge in [-0.05, 0) is 48.2 Å². The summed E-state index contributed by atoms with van der Waals surface area (Å²) in [5.74, 6) is -1.59. The summed E-state index contributed by atoms with van der Waals surface area (Å²) in [6.07, 6.45) is 1.42. The zero-order chi connectivity index (χ0) is 24.1. The molecule has 33 heavy (non-hydrogen) atoms. The van der Waals surface area contributed by atoms with Gasteiger partial charge in [0.15, 0.2) is 0 Å². The van der Waals surface area contributed by atoms with E-state index in [1.165, 1.54) is 30.5 Å². The topological polar surface area (TPSA) is 109 Å². The maximum atomic E-state index is 13.2. The molecule has 0 fully saturated rings. The maximum absolute atomic E-state index is 13.2. The molecule has 1 N–H and O–H groups in total. The number of imide groups is 1. The summed E-state index contributed by atoms with van der Waals surface area (Å²) in [6, 6.07) is 10.8. The zero-order valence-electron chi connectivity index (χ0n) is 18.4. The average molecular weight is 485 g/mol. The molecule has 0 saturated heterocycles. The minimum atomic E-state index is -4.05. The van der Waals surface area contributed by atoms with Crippen LogP contribution in [0.3, 0.4) is 0 Å². The molecule has 2 aromatic carbocycles. The number of hydrogen-bond acceptors (Lipinski definition) is 6. The van der Waals surface area contributed by atoms with Crippen LogP contribution in [0.2, 0.25) is 5.02 Å². The molecular formula is C23H21ClN4O4S. The molecule has 1 aliphatic heterocycles. The molecule has 4 rings (SSSR count). The third-order valence-corrected chi connectivity index (χ3v) is 6.94. The predicted molar refractivity (Wildman–Crippen MR) is 125 cm³/mol. The standard InChI is InChI=1S/C23H21ClN4O4S/c1-13-11-12-25-22(26-13)28-20(29)18-16(24)9-10-17(19(18)21(28)30)27-33(31,32)15-7-5-14(6-8-15)23(2,3)4/h5-12,27H,1-4H3. The van der Waals surface area contributed by atoms with Crippen LogP contribution in [0.5, 0.6) is 0 Å². The number of rotatable bonds is 4. The first-order valence-corrected chi connectivity index (χ1v) is 11.9. The van der Waals surface area contributed by atoms with Crippen molar-refractivity contribution in [2.75, 3.05) is 9.62 Å². The molecule has 0 unspecified atom stereocenters. The number of nitrogens with zero attached hydrogens (tertiary/aromatic N) is 3. The highest BCUT2D eigenvalue weighted by Gasteiger charge is 2.42. The number of nitrogens with one attached hydrogen (secondary N) is 1.